The lowest BCUT2D eigenvalue weighted by Crippen LogP contribution is -2.49. The van der Waals surface area contributed by atoms with E-state index in [0.29, 0.717) is 30.1 Å². The topological polar surface area (TPSA) is 82.1 Å². The van der Waals surface area contributed by atoms with E-state index in [1.807, 2.05) is 25.1 Å². The third-order valence-electron chi connectivity index (χ3n) is 7.90. The van der Waals surface area contributed by atoms with Crippen molar-refractivity contribution in [2.24, 2.45) is 11.8 Å². The van der Waals surface area contributed by atoms with Crippen LogP contribution in [-0.4, -0.2) is 65.6 Å². The molecule has 0 aromatic heterocycles. The van der Waals surface area contributed by atoms with Gasteiger partial charge in [0.1, 0.15) is 6.10 Å². The summed E-state index contributed by atoms with van der Waals surface area (Å²) < 4.78 is 6.63. The monoisotopic (exact) mass is 541 g/mol. The van der Waals surface area contributed by atoms with Crippen molar-refractivity contribution in [3.63, 3.8) is 0 Å². The number of nitrogens with one attached hydrogen (secondary N) is 1. The molecule has 210 valence electrons. The molecule has 3 atom stereocenters. The van der Waals surface area contributed by atoms with E-state index in [0.717, 1.165) is 19.4 Å². The van der Waals surface area contributed by atoms with Crippen molar-refractivity contribution in [3.05, 3.63) is 83.9 Å². The number of aliphatic hydroxyl groups is 1. The summed E-state index contributed by atoms with van der Waals surface area (Å²) in [5.74, 6) is 0.194. The zero-order chi connectivity index (χ0) is 28.2. The van der Waals surface area contributed by atoms with Crippen molar-refractivity contribution < 1.29 is 19.4 Å². The largest absolute Gasteiger partial charge is 0.486 e. The van der Waals surface area contributed by atoms with Crippen LogP contribution in [0.5, 0.6) is 5.75 Å². The van der Waals surface area contributed by atoms with E-state index in [-0.39, 0.29) is 42.4 Å². The van der Waals surface area contributed by atoms with Crippen molar-refractivity contribution in [1.29, 1.82) is 0 Å². The number of para-hydroxylation sites is 1. The molecular weight excluding hydrogens is 502 g/mol. The molecule has 3 aromatic carbocycles. The number of benzene rings is 3. The summed E-state index contributed by atoms with van der Waals surface area (Å²) >= 11 is 0. The number of anilines is 1. The van der Waals surface area contributed by atoms with Gasteiger partial charge in [-0.05, 0) is 55.6 Å². The van der Waals surface area contributed by atoms with Crippen LogP contribution in [0.15, 0.2) is 72.8 Å². The van der Waals surface area contributed by atoms with Crippen LogP contribution < -0.4 is 10.1 Å². The second-order valence-corrected chi connectivity index (χ2v) is 11.3. The number of amides is 2. The molecule has 0 spiro atoms. The van der Waals surface area contributed by atoms with Crippen molar-refractivity contribution in [1.82, 2.24) is 9.80 Å². The number of hydrogen-bond acceptors (Lipinski definition) is 5. The molecule has 1 heterocycles. The number of likely N-dealkylation sites (N-methyl/N-ethyl adjacent to an activating group) is 1. The second-order valence-electron chi connectivity index (χ2n) is 11.3. The maximum absolute atomic E-state index is 13.6. The first-order chi connectivity index (χ1) is 19.3. The first kappa shape index (κ1) is 27.9. The Morgan fingerprint density at radius 1 is 1.05 bits per heavy atom. The van der Waals surface area contributed by atoms with Crippen LogP contribution >= 0.6 is 0 Å². The van der Waals surface area contributed by atoms with Crippen molar-refractivity contribution in [3.8, 4) is 16.9 Å². The Bertz CT molecular complexity index is 1320. The van der Waals surface area contributed by atoms with Crippen LogP contribution in [0, 0.1) is 11.8 Å². The third kappa shape index (κ3) is 6.37. The van der Waals surface area contributed by atoms with Gasteiger partial charge in [0.25, 0.3) is 5.91 Å². The van der Waals surface area contributed by atoms with E-state index in [9.17, 15) is 14.7 Å². The highest BCUT2D eigenvalue weighted by Crippen LogP contribution is 2.37. The fourth-order valence-electron chi connectivity index (χ4n) is 5.26. The average Bonchev–Trinajstić information content (AvgIpc) is 3.82. The second kappa shape index (κ2) is 12.2. The van der Waals surface area contributed by atoms with E-state index in [1.54, 1.807) is 23.1 Å². The molecule has 2 amide bonds. The predicted molar refractivity (Wildman–Crippen MR) is 157 cm³/mol. The molecule has 0 radical (unpaired) electrons. The fraction of sp³-hybridized carbons (Fsp3) is 0.394. The minimum absolute atomic E-state index is 0.0128. The van der Waals surface area contributed by atoms with Gasteiger partial charge in [-0.15, -0.1) is 0 Å². The van der Waals surface area contributed by atoms with Crippen LogP contribution in [0.2, 0.25) is 0 Å². The van der Waals surface area contributed by atoms with Gasteiger partial charge >= 0.3 is 0 Å². The molecule has 7 nitrogen and oxygen atoms in total. The van der Waals surface area contributed by atoms with Gasteiger partial charge in [0.15, 0.2) is 5.75 Å². The molecule has 1 aliphatic heterocycles. The summed E-state index contributed by atoms with van der Waals surface area (Å²) in [6.45, 7) is 5.63. The maximum Gasteiger partial charge on any atom is 0.258 e. The SMILES string of the molecule is C[C@@H]1CN([C@@H](C)CO)C(=O)c2cccc(NC(=O)C3CC3)c2O[C@@H]1CN(C)Cc1ccc(-c2ccccc2)cc1. The van der Waals surface area contributed by atoms with Crippen LogP contribution in [-0.2, 0) is 11.3 Å². The number of fused-ring (bicyclic) bond motifs is 1. The van der Waals surface area contributed by atoms with Gasteiger partial charge in [-0.3, -0.25) is 14.5 Å². The van der Waals surface area contributed by atoms with E-state index in [4.69, 9.17) is 4.74 Å². The third-order valence-corrected chi connectivity index (χ3v) is 7.90. The lowest BCUT2D eigenvalue weighted by atomic mass is 9.98. The van der Waals surface area contributed by atoms with Gasteiger partial charge in [-0.25, -0.2) is 0 Å². The van der Waals surface area contributed by atoms with Gasteiger partial charge < -0.3 is 20.1 Å². The zero-order valence-corrected chi connectivity index (χ0v) is 23.5. The fourth-order valence-corrected chi connectivity index (χ4v) is 5.26. The summed E-state index contributed by atoms with van der Waals surface area (Å²) in [6, 6.07) is 23.9. The quantitative estimate of drug-likeness (QED) is 0.396. The number of hydrogen-bond donors (Lipinski definition) is 2. The van der Waals surface area contributed by atoms with Gasteiger partial charge in [-0.2, -0.15) is 0 Å². The molecule has 40 heavy (non-hydrogen) atoms. The minimum atomic E-state index is -0.341. The van der Waals surface area contributed by atoms with Crippen LogP contribution in [0.3, 0.4) is 0 Å². The normalized spacial score (nSPS) is 19.8. The van der Waals surface area contributed by atoms with Crippen molar-refractivity contribution in [2.75, 3.05) is 32.1 Å². The Morgan fingerprint density at radius 3 is 2.42 bits per heavy atom. The number of carbonyl (C=O) groups excluding carboxylic acids is 2. The van der Waals surface area contributed by atoms with Crippen LogP contribution in [0.1, 0.15) is 42.6 Å². The molecule has 0 bridgehead atoms. The number of aliphatic hydroxyl groups excluding tert-OH is 1. The molecule has 3 aromatic rings. The first-order valence-electron chi connectivity index (χ1n) is 14.2. The zero-order valence-electron chi connectivity index (χ0n) is 23.5. The number of rotatable bonds is 9. The molecule has 1 fully saturated rings. The lowest BCUT2D eigenvalue weighted by Gasteiger charge is -2.38. The summed E-state index contributed by atoms with van der Waals surface area (Å²) in [5, 5.41) is 12.9. The van der Waals surface area contributed by atoms with E-state index >= 15 is 0 Å². The highest BCUT2D eigenvalue weighted by Gasteiger charge is 2.36. The Labute approximate surface area is 236 Å². The number of ether oxygens (including phenoxy) is 1. The van der Waals surface area contributed by atoms with E-state index in [2.05, 4.69) is 60.6 Å². The maximum atomic E-state index is 13.6. The molecule has 5 rings (SSSR count). The molecule has 0 unspecified atom stereocenters. The Hall–Kier alpha value is -3.68. The van der Waals surface area contributed by atoms with Gasteiger partial charge in [-0.1, -0.05) is 67.6 Å². The average molecular weight is 542 g/mol. The van der Waals surface area contributed by atoms with Gasteiger partial charge in [0.05, 0.1) is 23.9 Å². The van der Waals surface area contributed by atoms with Gasteiger partial charge in [0, 0.05) is 31.5 Å². The molecular formula is C33H39N3O4. The summed E-state index contributed by atoms with van der Waals surface area (Å²) in [5.41, 5.74) is 4.51. The van der Waals surface area contributed by atoms with Gasteiger partial charge in [0.2, 0.25) is 5.91 Å². The molecule has 7 heteroatoms. The highest BCUT2D eigenvalue weighted by atomic mass is 16.5. The lowest BCUT2D eigenvalue weighted by molar-refractivity contribution is -0.117. The minimum Gasteiger partial charge on any atom is -0.486 e. The van der Waals surface area contributed by atoms with E-state index in [1.165, 1.54) is 16.7 Å². The Balaban J connectivity index is 1.37. The number of carbonyl (C=O) groups is 2. The summed E-state index contributed by atoms with van der Waals surface area (Å²) in [6.07, 6.45) is 1.53. The molecule has 1 aliphatic carbocycles. The summed E-state index contributed by atoms with van der Waals surface area (Å²) in [7, 11) is 2.07. The van der Waals surface area contributed by atoms with Crippen LogP contribution in [0.25, 0.3) is 11.1 Å². The molecule has 0 saturated heterocycles. The van der Waals surface area contributed by atoms with E-state index < -0.39 is 0 Å². The smallest absolute Gasteiger partial charge is 0.258 e. The Morgan fingerprint density at radius 2 is 1.75 bits per heavy atom. The number of nitrogens with zero attached hydrogens (tertiary/aromatic N) is 2. The Kier molecular flexibility index (Phi) is 8.52. The predicted octanol–water partition coefficient (Wildman–Crippen LogP) is 5.05. The first-order valence-corrected chi connectivity index (χ1v) is 14.2. The molecule has 1 saturated carbocycles. The molecule has 2 N–H and O–H groups in total. The molecule has 2 aliphatic rings. The standard InChI is InChI=1S/C33H39N3O4/c1-22-18-36(23(2)21-37)33(39)28-10-7-11-29(34-32(38)27-16-17-27)31(28)40-30(22)20-35(3)19-24-12-14-26(15-13-24)25-8-5-4-6-9-25/h4-15,22-23,27,30,37H,16-21H2,1-3H3,(H,34,38)/t22-,23+,30-/m1/s1. The highest BCUT2D eigenvalue weighted by molar-refractivity contribution is 6.02. The van der Waals surface area contributed by atoms with Crippen molar-refractivity contribution in [2.45, 2.75) is 45.4 Å². The van der Waals surface area contributed by atoms with Crippen LogP contribution in [0.4, 0.5) is 5.69 Å². The summed E-state index contributed by atoms with van der Waals surface area (Å²) in [4.78, 5) is 30.2. The van der Waals surface area contributed by atoms with Crippen molar-refractivity contribution >= 4 is 17.5 Å².